The number of carboxylic acid groups (broad SMARTS) is 1. The molecule has 0 spiro atoms. The van der Waals surface area contributed by atoms with Gasteiger partial charge in [-0.1, -0.05) is 22.0 Å². The molecule has 2 aromatic rings. The molecule has 1 aliphatic rings. The maximum Gasteiger partial charge on any atom is 0.331 e. The Morgan fingerprint density at radius 2 is 2.14 bits per heavy atom. The van der Waals surface area contributed by atoms with E-state index in [4.69, 9.17) is 0 Å². The molecule has 1 aliphatic heterocycles. The largest absolute Gasteiger partial charge is 0.479 e. The first kappa shape index (κ1) is 14.3. The van der Waals surface area contributed by atoms with Gasteiger partial charge in [-0.05, 0) is 41.6 Å². The van der Waals surface area contributed by atoms with Crippen molar-refractivity contribution in [3.63, 3.8) is 0 Å². The Balaban J connectivity index is 1.98. The van der Waals surface area contributed by atoms with Crippen LogP contribution in [0.3, 0.4) is 0 Å². The van der Waals surface area contributed by atoms with Crippen LogP contribution >= 0.6 is 27.3 Å². The molecular weight excluding hydrogens is 354 g/mol. The van der Waals surface area contributed by atoms with E-state index in [1.165, 1.54) is 4.90 Å². The number of hydrogen-bond acceptors (Lipinski definition) is 3. The highest BCUT2D eigenvalue weighted by Crippen LogP contribution is 2.34. The average molecular weight is 366 g/mol. The van der Waals surface area contributed by atoms with E-state index in [0.717, 1.165) is 14.9 Å². The molecular formula is C15H12BrNO3S. The van der Waals surface area contributed by atoms with E-state index in [9.17, 15) is 14.7 Å². The zero-order valence-electron chi connectivity index (χ0n) is 11.0. The molecule has 2 heterocycles. The van der Waals surface area contributed by atoms with Crippen LogP contribution in [0.1, 0.15) is 26.8 Å². The van der Waals surface area contributed by atoms with Crippen LogP contribution in [0.4, 0.5) is 0 Å². The summed E-state index contributed by atoms with van der Waals surface area (Å²) in [6.45, 7) is 0.426. The third-order valence-corrected chi connectivity index (χ3v) is 5.02. The Labute approximate surface area is 134 Å². The van der Waals surface area contributed by atoms with Gasteiger partial charge in [0.2, 0.25) is 0 Å². The average Bonchev–Trinajstić information content (AvgIpc) is 2.93. The fourth-order valence-electron chi connectivity index (χ4n) is 2.59. The number of fused-ring (bicyclic) bond motifs is 1. The van der Waals surface area contributed by atoms with Crippen molar-refractivity contribution in [2.75, 3.05) is 6.54 Å². The van der Waals surface area contributed by atoms with Crippen LogP contribution in [0.5, 0.6) is 0 Å². The first-order valence-electron chi connectivity index (χ1n) is 6.43. The summed E-state index contributed by atoms with van der Waals surface area (Å²) in [6.07, 6.45) is 0.705. The van der Waals surface area contributed by atoms with Gasteiger partial charge in [0.1, 0.15) is 0 Å². The number of carboxylic acids is 1. The molecule has 4 nitrogen and oxygen atoms in total. The molecule has 6 heteroatoms. The normalized spacial score (nSPS) is 17.4. The SMILES string of the molecule is O=C(O)C1c2ccsc2CCN1C(=O)c1cccc(Br)c1. The smallest absolute Gasteiger partial charge is 0.331 e. The zero-order chi connectivity index (χ0) is 15.0. The third kappa shape index (κ3) is 2.61. The van der Waals surface area contributed by atoms with Crippen LogP contribution in [0.2, 0.25) is 0 Å². The van der Waals surface area contributed by atoms with Crippen molar-refractivity contribution >= 4 is 39.1 Å². The zero-order valence-corrected chi connectivity index (χ0v) is 13.4. The van der Waals surface area contributed by atoms with E-state index in [-0.39, 0.29) is 5.91 Å². The molecule has 0 saturated heterocycles. The summed E-state index contributed by atoms with van der Waals surface area (Å²) in [6, 6.07) is 7.93. The Bertz CT molecular complexity index is 712. The molecule has 0 aliphatic carbocycles. The van der Waals surface area contributed by atoms with Gasteiger partial charge in [0.15, 0.2) is 6.04 Å². The van der Waals surface area contributed by atoms with Crippen molar-refractivity contribution in [1.29, 1.82) is 0 Å². The number of hydrogen-bond donors (Lipinski definition) is 1. The number of aliphatic carboxylic acids is 1. The Kier molecular flexibility index (Phi) is 3.82. The van der Waals surface area contributed by atoms with E-state index in [1.54, 1.807) is 35.6 Å². The van der Waals surface area contributed by atoms with Crippen LogP contribution in [0, 0.1) is 0 Å². The van der Waals surface area contributed by atoms with Crippen LogP contribution in [0.15, 0.2) is 40.2 Å². The van der Waals surface area contributed by atoms with E-state index < -0.39 is 12.0 Å². The van der Waals surface area contributed by atoms with Crippen molar-refractivity contribution in [2.24, 2.45) is 0 Å². The molecule has 0 bridgehead atoms. The molecule has 0 fully saturated rings. The minimum Gasteiger partial charge on any atom is -0.479 e. The summed E-state index contributed by atoms with van der Waals surface area (Å²) in [5, 5.41) is 11.4. The summed E-state index contributed by atoms with van der Waals surface area (Å²) in [5.41, 5.74) is 1.23. The number of carbonyl (C=O) groups excluding carboxylic acids is 1. The Morgan fingerprint density at radius 3 is 2.86 bits per heavy atom. The maximum atomic E-state index is 12.6. The van der Waals surface area contributed by atoms with Gasteiger partial charge in [0.25, 0.3) is 5.91 Å². The number of nitrogens with zero attached hydrogens (tertiary/aromatic N) is 1. The Hall–Kier alpha value is -1.66. The lowest BCUT2D eigenvalue weighted by Crippen LogP contribution is -2.43. The van der Waals surface area contributed by atoms with Crippen LogP contribution in [0.25, 0.3) is 0 Å². The standard InChI is InChI=1S/C15H12BrNO3S/c16-10-3-1-2-9(8-10)14(18)17-6-4-12-11(5-7-21-12)13(17)15(19)20/h1-3,5,7-8,13H,4,6H2,(H,19,20). The monoisotopic (exact) mass is 365 g/mol. The summed E-state index contributed by atoms with van der Waals surface area (Å²) in [5.74, 6) is -1.24. The number of thiophene rings is 1. The van der Waals surface area contributed by atoms with Gasteiger partial charge < -0.3 is 10.0 Å². The van der Waals surface area contributed by atoms with Crippen LogP contribution in [-0.4, -0.2) is 28.4 Å². The molecule has 1 amide bonds. The number of carbonyl (C=O) groups is 2. The molecule has 0 saturated carbocycles. The van der Waals surface area contributed by atoms with Gasteiger partial charge in [-0.3, -0.25) is 4.79 Å². The lowest BCUT2D eigenvalue weighted by atomic mass is 9.99. The van der Waals surface area contributed by atoms with Crippen molar-refractivity contribution in [3.8, 4) is 0 Å². The predicted molar refractivity (Wildman–Crippen MR) is 83.6 cm³/mol. The van der Waals surface area contributed by atoms with Gasteiger partial charge in [-0.15, -0.1) is 11.3 Å². The summed E-state index contributed by atoms with van der Waals surface area (Å²) < 4.78 is 0.799. The minimum atomic E-state index is -0.988. The molecule has 3 rings (SSSR count). The third-order valence-electron chi connectivity index (χ3n) is 3.53. The predicted octanol–water partition coefficient (Wildman–Crippen LogP) is 3.33. The molecule has 1 N–H and O–H groups in total. The second kappa shape index (κ2) is 5.61. The molecule has 108 valence electrons. The van der Waals surface area contributed by atoms with Crippen molar-refractivity contribution in [1.82, 2.24) is 4.90 Å². The van der Waals surface area contributed by atoms with Crippen LogP contribution < -0.4 is 0 Å². The Morgan fingerprint density at radius 1 is 1.33 bits per heavy atom. The second-order valence-corrected chi connectivity index (χ2v) is 6.72. The van der Waals surface area contributed by atoms with Gasteiger partial charge in [-0.2, -0.15) is 0 Å². The molecule has 21 heavy (non-hydrogen) atoms. The summed E-state index contributed by atoms with van der Waals surface area (Å²) in [4.78, 5) is 26.8. The van der Waals surface area contributed by atoms with E-state index in [0.29, 0.717) is 18.5 Å². The van der Waals surface area contributed by atoms with Gasteiger partial charge in [0, 0.05) is 21.5 Å². The van der Waals surface area contributed by atoms with E-state index in [1.807, 2.05) is 11.4 Å². The summed E-state index contributed by atoms with van der Waals surface area (Å²) in [7, 11) is 0. The van der Waals surface area contributed by atoms with Crippen molar-refractivity contribution < 1.29 is 14.7 Å². The van der Waals surface area contributed by atoms with Gasteiger partial charge in [0.05, 0.1) is 0 Å². The fraction of sp³-hybridized carbons (Fsp3) is 0.200. The maximum absolute atomic E-state index is 12.6. The molecule has 1 aromatic carbocycles. The van der Waals surface area contributed by atoms with Crippen molar-refractivity contribution in [3.05, 3.63) is 56.2 Å². The minimum absolute atomic E-state index is 0.249. The lowest BCUT2D eigenvalue weighted by molar-refractivity contribution is -0.142. The van der Waals surface area contributed by atoms with Crippen molar-refractivity contribution in [2.45, 2.75) is 12.5 Å². The molecule has 1 aromatic heterocycles. The van der Waals surface area contributed by atoms with Gasteiger partial charge in [-0.25, -0.2) is 4.79 Å². The van der Waals surface area contributed by atoms with E-state index in [2.05, 4.69) is 15.9 Å². The molecule has 1 unspecified atom stereocenters. The number of amides is 1. The lowest BCUT2D eigenvalue weighted by Gasteiger charge is -2.33. The molecule has 1 atom stereocenters. The summed E-state index contributed by atoms with van der Waals surface area (Å²) >= 11 is 4.88. The number of halogens is 1. The second-order valence-electron chi connectivity index (χ2n) is 4.80. The highest BCUT2D eigenvalue weighted by molar-refractivity contribution is 9.10. The quantitative estimate of drug-likeness (QED) is 0.887. The van der Waals surface area contributed by atoms with Gasteiger partial charge >= 0.3 is 5.97 Å². The topological polar surface area (TPSA) is 57.6 Å². The fourth-order valence-corrected chi connectivity index (χ4v) is 3.89. The first-order valence-corrected chi connectivity index (χ1v) is 8.11. The number of rotatable bonds is 2. The first-order chi connectivity index (χ1) is 10.1. The highest BCUT2D eigenvalue weighted by Gasteiger charge is 2.36. The highest BCUT2D eigenvalue weighted by atomic mass is 79.9. The molecule has 0 radical (unpaired) electrons. The number of benzene rings is 1. The van der Waals surface area contributed by atoms with Crippen LogP contribution in [-0.2, 0) is 11.2 Å². The van der Waals surface area contributed by atoms with E-state index >= 15 is 0 Å².